The summed E-state index contributed by atoms with van der Waals surface area (Å²) in [5, 5.41) is 18.0. The summed E-state index contributed by atoms with van der Waals surface area (Å²) in [6.45, 7) is 3.90. The van der Waals surface area contributed by atoms with E-state index in [1.165, 1.54) is 18.2 Å². The minimum absolute atomic E-state index is 0.0644. The number of carboxylic acid groups (broad SMARTS) is 1. The number of hydrogen-bond donors (Lipinski definition) is 1. The van der Waals surface area contributed by atoms with Gasteiger partial charge in [-0.05, 0) is 43.7 Å². The Labute approximate surface area is 116 Å². The molecule has 0 heterocycles. The highest BCUT2D eigenvalue weighted by molar-refractivity contribution is 5.88. The van der Waals surface area contributed by atoms with Crippen LogP contribution in [0.2, 0.25) is 0 Å². The second-order valence-electron chi connectivity index (χ2n) is 4.50. The Morgan fingerprint density at radius 1 is 1.15 bits per heavy atom. The van der Waals surface area contributed by atoms with Gasteiger partial charge in [0.15, 0.2) is 0 Å². The summed E-state index contributed by atoms with van der Waals surface area (Å²) in [7, 11) is 0. The van der Waals surface area contributed by atoms with Crippen LogP contribution >= 0.6 is 0 Å². The standard InChI is InChI=1S/C16H13NO3/c1-10-3-5-14(11(2)7-10)20-15-6-4-12(16(18)19)8-13(15)9-17/h3-8H,1-2H3,(H,18,19). The number of aromatic carboxylic acids is 1. The van der Waals surface area contributed by atoms with Gasteiger partial charge in [0.1, 0.15) is 17.6 Å². The van der Waals surface area contributed by atoms with Crippen LogP contribution in [0.25, 0.3) is 0 Å². The zero-order valence-electron chi connectivity index (χ0n) is 11.2. The van der Waals surface area contributed by atoms with E-state index >= 15 is 0 Å². The molecule has 0 unspecified atom stereocenters. The van der Waals surface area contributed by atoms with E-state index in [4.69, 9.17) is 15.1 Å². The third-order valence-corrected chi connectivity index (χ3v) is 2.90. The fourth-order valence-corrected chi connectivity index (χ4v) is 1.87. The van der Waals surface area contributed by atoms with Crippen LogP contribution in [0.3, 0.4) is 0 Å². The van der Waals surface area contributed by atoms with Gasteiger partial charge in [0.05, 0.1) is 11.1 Å². The highest BCUT2D eigenvalue weighted by Gasteiger charge is 2.11. The Morgan fingerprint density at radius 2 is 1.85 bits per heavy atom. The SMILES string of the molecule is Cc1ccc(Oc2ccc(C(=O)O)cc2C#N)c(C)c1. The maximum Gasteiger partial charge on any atom is 0.335 e. The van der Waals surface area contributed by atoms with Gasteiger partial charge in [-0.15, -0.1) is 0 Å². The molecule has 0 aromatic heterocycles. The molecule has 0 saturated heterocycles. The largest absolute Gasteiger partial charge is 0.478 e. The molecule has 0 bridgehead atoms. The average Bonchev–Trinajstić information content (AvgIpc) is 2.42. The molecule has 0 radical (unpaired) electrons. The lowest BCUT2D eigenvalue weighted by atomic mass is 10.1. The summed E-state index contributed by atoms with van der Waals surface area (Å²) in [5.74, 6) is -0.0702. The molecule has 0 aliphatic rings. The van der Waals surface area contributed by atoms with E-state index in [-0.39, 0.29) is 11.1 Å². The summed E-state index contributed by atoms with van der Waals surface area (Å²) in [5.41, 5.74) is 2.34. The molecule has 0 atom stereocenters. The molecule has 2 rings (SSSR count). The molecule has 20 heavy (non-hydrogen) atoms. The van der Waals surface area contributed by atoms with E-state index in [1.54, 1.807) is 0 Å². The molecule has 0 amide bonds. The van der Waals surface area contributed by atoms with Crippen molar-refractivity contribution in [2.24, 2.45) is 0 Å². The minimum Gasteiger partial charge on any atom is -0.478 e. The number of hydrogen-bond acceptors (Lipinski definition) is 3. The summed E-state index contributed by atoms with van der Waals surface area (Å²) in [6.07, 6.45) is 0. The van der Waals surface area contributed by atoms with E-state index in [9.17, 15) is 4.79 Å². The van der Waals surface area contributed by atoms with E-state index in [1.807, 2.05) is 38.1 Å². The van der Waals surface area contributed by atoms with Gasteiger partial charge in [-0.1, -0.05) is 17.7 Å². The Morgan fingerprint density at radius 3 is 2.45 bits per heavy atom. The number of carboxylic acids is 1. The van der Waals surface area contributed by atoms with Crippen LogP contribution < -0.4 is 4.74 Å². The van der Waals surface area contributed by atoms with Crippen molar-refractivity contribution < 1.29 is 14.6 Å². The maximum absolute atomic E-state index is 10.9. The molecule has 4 heteroatoms. The zero-order chi connectivity index (χ0) is 14.7. The molecule has 0 fully saturated rings. The predicted octanol–water partition coefficient (Wildman–Crippen LogP) is 3.67. The summed E-state index contributed by atoms with van der Waals surface area (Å²) < 4.78 is 5.71. The van der Waals surface area contributed by atoms with Crippen LogP contribution in [0.15, 0.2) is 36.4 Å². The molecule has 2 aromatic carbocycles. The van der Waals surface area contributed by atoms with Crippen molar-refractivity contribution in [3.05, 3.63) is 58.7 Å². The number of carbonyl (C=O) groups is 1. The normalized spacial score (nSPS) is 9.85. The Balaban J connectivity index is 2.39. The van der Waals surface area contributed by atoms with E-state index in [0.29, 0.717) is 11.5 Å². The van der Waals surface area contributed by atoms with Crippen molar-refractivity contribution in [2.45, 2.75) is 13.8 Å². The maximum atomic E-state index is 10.9. The summed E-state index contributed by atoms with van der Waals surface area (Å²) >= 11 is 0. The molecule has 2 aromatic rings. The molecule has 0 aliphatic heterocycles. The van der Waals surface area contributed by atoms with Crippen LogP contribution in [0.1, 0.15) is 27.0 Å². The Bertz CT molecular complexity index is 714. The van der Waals surface area contributed by atoms with Gasteiger partial charge in [-0.3, -0.25) is 0 Å². The first kappa shape index (κ1) is 13.6. The molecule has 0 aliphatic carbocycles. The van der Waals surface area contributed by atoms with Gasteiger partial charge < -0.3 is 9.84 Å². The summed E-state index contributed by atoms with van der Waals surface area (Å²) in [6, 6.07) is 11.9. The van der Waals surface area contributed by atoms with Gasteiger partial charge in [-0.2, -0.15) is 5.26 Å². The first-order valence-corrected chi connectivity index (χ1v) is 6.04. The van der Waals surface area contributed by atoms with Crippen LogP contribution in [0.5, 0.6) is 11.5 Å². The van der Waals surface area contributed by atoms with E-state index < -0.39 is 5.97 Å². The Hall–Kier alpha value is -2.80. The third kappa shape index (κ3) is 2.78. The molecule has 1 N–H and O–H groups in total. The molecule has 100 valence electrons. The predicted molar refractivity (Wildman–Crippen MR) is 74.1 cm³/mol. The molecule has 0 spiro atoms. The number of ether oxygens (including phenoxy) is 1. The second kappa shape index (κ2) is 5.45. The van der Waals surface area contributed by atoms with Crippen LogP contribution in [0, 0.1) is 25.2 Å². The lowest BCUT2D eigenvalue weighted by Crippen LogP contribution is -1.98. The number of nitrogens with zero attached hydrogens (tertiary/aromatic N) is 1. The molecular weight excluding hydrogens is 254 g/mol. The van der Waals surface area contributed by atoms with Gasteiger partial charge >= 0.3 is 5.97 Å². The van der Waals surface area contributed by atoms with Crippen molar-refractivity contribution in [2.75, 3.05) is 0 Å². The van der Waals surface area contributed by atoms with Gasteiger partial charge in [0.25, 0.3) is 0 Å². The smallest absolute Gasteiger partial charge is 0.335 e. The van der Waals surface area contributed by atoms with E-state index in [0.717, 1.165) is 11.1 Å². The third-order valence-electron chi connectivity index (χ3n) is 2.90. The fourth-order valence-electron chi connectivity index (χ4n) is 1.87. The quantitative estimate of drug-likeness (QED) is 0.921. The highest BCUT2D eigenvalue weighted by Crippen LogP contribution is 2.28. The van der Waals surface area contributed by atoms with Crippen molar-refractivity contribution in [3.63, 3.8) is 0 Å². The zero-order valence-corrected chi connectivity index (χ0v) is 11.2. The topological polar surface area (TPSA) is 70.3 Å². The molecule has 4 nitrogen and oxygen atoms in total. The van der Waals surface area contributed by atoms with Crippen molar-refractivity contribution in [1.82, 2.24) is 0 Å². The number of benzene rings is 2. The summed E-state index contributed by atoms with van der Waals surface area (Å²) in [4.78, 5) is 10.9. The lowest BCUT2D eigenvalue weighted by molar-refractivity contribution is 0.0697. The van der Waals surface area contributed by atoms with Gasteiger partial charge in [-0.25, -0.2) is 4.79 Å². The monoisotopic (exact) mass is 267 g/mol. The number of nitriles is 1. The molecular formula is C16H13NO3. The van der Waals surface area contributed by atoms with Crippen LogP contribution in [-0.4, -0.2) is 11.1 Å². The lowest BCUT2D eigenvalue weighted by Gasteiger charge is -2.11. The van der Waals surface area contributed by atoms with Crippen molar-refractivity contribution in [3.8, 4) is 17.6 Å². The first-order chi connectivity index (χ1) is 9.51. The van der Waals surface area contributed by atoms with Gasteiger partial charge in [0.2, 0.25) is 0 Å². The Kier molecular flexibility index (Phi) is 3.72. The highest BCUT2D eigenvalue weighted by atomic mass is 16.5. The minimum atomic E-state index is -1.07. The molecule has 0 saturated carbocycles. The average molecular weight is 267 g/mol. The van der Waals surface area contributed by atoms with Crippen molar-refractivity contribution >= 4 is 5.97 Å². The second-order valence-corrected chi connectivity index (χ2v) is 4.50. The fraction of sp³-hybridized carbons (Fsp3) is 0.125. The first-order valence-electron chi connectivity index (χ1n) is 6.04. The van der Waals surface area contributed by atoms with Crippen molar-refractivity contribution in [1.29, 1.82) is 5.26 Å². The van der Waals surface area contributed by atoms with E-state index in [2.05, 4.69) is 0 Å². The van der Waals surface area contributed by atoms with Gasteiger partial charge in [0, 0.05) is 0 Å². The number of aryl methyl sites for hydroxylation is 2. The van der Waals surface area contributed by atoms with Crippen LogP contribution in [0.4, 0.5) is 0 Å². The van der Waals surface area contributed by atoms with Crippen LogP contribution in [-0.2, 0) is 0 Å². The number of rotatable bonds is 3.